The van der Waals surface area contributed by atoms with Gasteiger partial charge >= 0.3 is 0 Å². The number of amides is 1. The largest absolute Gasteiger partial charge is 0.497 e. The highest BCUT2D eigenvalue weighted by atomic mass is 16.5. The molecular formula is C24H26N4O4. The van der Waals surface area contributed by atoms with Crippen LogP contribution < -0.4 is 24.8 Å². The molecule has 0 aliphatic rings. The summed E-state index contributed by atoms with van der Waals surface area (Å²) in [5.74, 6) is 1.75. The van der Waals surface area contributed by atoms with E-state index in [0.29, 0.717) is 36.2 Å². The maximum atomic E-state index is 13.0. The van der Waals surface area contributed by atoms with Crippen LogP contribution in [0.5, 0.6) is 17.2 Å². The maximum absolute atomic E-state index is 13.0. The van der Waals surface area contributed by atoms with Gasteiger partial charge in [-0.3, -0.25) is 15.1 Å². The lowest BCUT2D eigenvalue weighted by molar-refractivity contribution is 0.0976. The number of nitrogens with one attached hydrogen (secondary N) is 2. The summed E-state index contributed by atoms with van der Waals surface area (Å²) in [6, 6.07) is 16.1. The third-order valence-electron chi connectivity index (χ3n) is 4.44. The van der Waals surface area contributed by atoms with Gasteiger partial charge in [0, 0.05) is 29.7 Å². The summed E-state index contributed by atoms with van der Waals surface area (Å²) in [6.07, 6.45) is 3.40. The predicted octanol–water partition coefficient (Wildman–Crippen LogP) is 3.90. The molecule has 1 heterocycles. The summed E-state index contributed by atoms with van der Waals surface area (Å²) in [6.45, 7) is 2.88. The molecule has 8 heteroatoms. The number of carbonyl (C=O) groups excluding carboxylic acids is 1. The van der Waals surface area contributed by atoms with E-state index in [9.17, 15) is 4.79 Å². The Labute approximate surface area is 187 Å². The topological polar surface area (TPSA) is 94.1 Å². The van der Waals surface area contributed by atoms with Crippen molar-refractivity contribution in [3.05, 3.63) is 78.1 Å². The molecule has 0 fully saturated rings. The standard InChI is InChI=1S/C24H26N4O4/c1-4-32-20-7-5-19(6-8-20)27-24(26-16-17-9-11-25-12-10-17)28-23(29)18-13-21(30-2)15-22(14-18)31-3/h5-15H,4,16H2,1-3H3,(H2,26,27,28,29). The monoisotopic (exact) mass is 434 g/mol. The first-order valence-electron chi connectivity index (χ1n) is 10.1. The van der Waals surface area contributed by atoms with Gasteiger partial charge in [-0.05, 0) is 61.0 Å². The van der Waals surface area contributed by atoms with Crippen LogP contribution in [0.4, 0.5) is 5.69 Å². The van der Waals surface area contributed by atoms with E-state index in [4.69, 9.17) is 14.2 Å². The molecule has 1 aromatic heterocycles. The molecule has 0 aliphatic carbocycles. The third-order valence-corrected chi connectivity index (χ3v) is 4.44. The molecule has 166 valence electrons. The minimum atomic E-state index is -0.353. The van der Waals surface area contributed by atoms with Crippen LogP contribution in [-0.2, 0) is 6.54 Å². The average molecular weight is 434 g/mol. The second kappa shape index (κ2) is 11.4. The van der Waals surface area contributed by atoms with Crippen molar-refractivity contribution in [2.45, 2.75) is 13.5 Å². The molecule has 2 aromatic carbocycles. The average Bonchev–Trinajstić information content (AvgIpc) is 2.84. The molecular weight excluding hydrogens is 408 g/mol. The van der Waals surface area contributed by atoms with Gasteiger partial charge in [0.15, 0.2) is 0 Å². The summed E-state index contributed by atoms with van der Waals surface area (Å²) in [5, 5.41) is 6.00. The molecule has 0 aliphatic heterocycles. The van der Waals surface area contributed by atoms with Crippen LogP contribution in [0.3, 0.4) is 0 Å². The summed E-state index contributed by atoms with van der Waals surface area (Å²) in [5.41, 5.74) is 2.10. The van der Waals surface area contributed by atoms with E-state index >= 15 is 0 Å². The van der Waals surface area contributed by atoms with Crippen molar-refractivity contribution in [2.24, 2.45) is 4.99 Å². The molecule has 8 nitrogen and oxygen atoms in total. The number of methoxy groups -OCH3 is 2. The first kappa shape index (κ1) is 22.6. The molecule has 0 bridgehead atoms. The Morgan fingerprint density at radius 3 is 2.19 bits per heavy atom. The summed E-state index contributed by atoms with van der Waals surface area (Å²) in [4.78, 5) is 21.5. The van der Waals surface area contributed by atoms with Gasteiger partial charge in [0.2, 0.25) is 5.96 Å². The zero-order valence-electron chi connectivity index (χ0n) is 18.3. The van der Waals surface area contributed by atoms with Gasteiger partial charge < -0.3 is 19.5 Å². The molecule has 0 saturated heterocycles. The smallest absolute Gasteiger partial charge is 0.258 e. The molecule has 1 amide bonds. The minimum Gasteiger partial charge on any atom is -0.497 e. The second-order valence-corrected chi connectivity index (χ2v) is 6.66. The van der Waals surface area contributed by atoms with Crippen molar-refractivity contribution < 1.29 is 19.0 Å². The Morgan fingerprint density at radius 1 is 0.938 bits per heavy atom. The molecule has 32 heavy (non-hydrogen) atoms. The summed E-state index contributed by atoms with van der Waals surface area (Å²) >= 11 is 0. The van der Waals surface area contributed by atoms with Gasteiger partial charge in [0.1, 0.15) is 17.2 Å². The number of anilines is 1. The van der Waals surface area contributed by atoms with E-state index in [0.717, 1.165) is 17.0 Å². The highest BCUT2D eigenvalue weighted by Crippen LogP contribution is 2.22. The zero-order valence-corrected chi connectivity index (χ0v) is 18.3. The Bertz CT molecular complexity index is 1030. The number of guanidine groups is 1. The number of hydrogen-bond acceptors (Lipinski definition) is 6. The fraction of sp³-hybridized carbons (Fsp3) is 0.208. The van der Waals surface area contributed by atoms with Crippen LogP contribution >= 0.6 is 0 Å². The van der Waals surface area contributed by atoms with Crippen LogP contribution in [-0.4, -0.2) is 37.7 Å². The lowest BCUT2D eigenvalue weighted by Gasteiger charge is -2.13. The van der Waals surface area contributed by atoms with Crippen molar-refractivity contribution in [3.8, 4) is 17.2 Å². The van der Waals surface area contributed by atoms with E-state index in [1.54, 1.807) is 30.6 Å². The Balaban J connectivity index is 1.82. The van der Waals surface area contributed by atoms with Gasteiger partial charge in [-0.25, -0.2) is 4.99 Å². The van der Waals surface area contributed by atoms with Gasteiger partial charge in [0.05, 0.1) is 27.4 Å². The van der Waals surface area contributed by atoms with Gasteiger partial charge in [-0.15, -0.1) is 0 Å². The van der Waals surface area contributed by atoms with Crippen LogP contribution in [0, 0.1) is 0 Å². The number of pyridine rings is 1. The first-order valence-corrected chi connectivity index (χ1v) is 10.1. The quantitative estimate of drug-likeness (QED) is 0.413. The fourth-order valence-corrected chi connectivity index (χ4v) is 2.82. The van der Waals surface area contributed by atoms with Crippen LogP contribution in [0.2, 0.25) is 0 Å². The number of ether oxygens (including phenoxy) is 3. The predicted molar refractivity (Wildman–Crippen MR) is 124 cm³/mol. The van der Waals surface area contributed by atoms with Gasteiger partial charge in [-0.1, -0.05) is 0 Å². The molecule has 3 rings (SSSR count). The molecule has 0 atom stereocenters. The number of benzene rings is 2. The van der Waals surface area contributed by atoms with E-state index in [1.165, 1.54) is 14.2 Å². The van der Waals surface area contributed by atoms with Gasteiger partial charge in [0.25, 0.3) is 5.91 Å². The van der Waals surface area contributed by atoms with Crippen LogP contribution in [0.25, 0.3) is 0 Å². The van der Waals surface area contributed by atoms with Gasteiger partial charge in [-0.2, -0.15) is 0 Å². The SMILES string of the molecule is CCOc1ccc(NC(=NCc2ccncc2)NC(=O)c2cc(OC)cc(OC)c2)cc1. The number of carbonyl (C=O) groups is 1. The number of aliphatic imine (C=N–C) groups is 1. The summed E-state index contributed by atoms with van der Waals surface area (Å²) < 4.78 is 16.0. The van der Waals surface area contributed by atoms with E-state index in [1.807, 2.05) is 43.3 Å². The lowest BCUT2D eigenvalue weighted by Crippen LogP contribution is -2.36. The van der Waals surface area contributed by atoms with Crippen molar-refractivity contribution in [2.75, 3.05) is 26.1 Å². The Morgan fingerprint density at radius 2 is 1.59 bits per heavy atom. The lowest BCUT2D eigenvalue weighted by atomic mass is 10.2. The number of nitrogens with zero attached hydrogens (tertiary/aromatic N) is 2. The molecule has 0 spiro atoms. The number of hydrogen-bond donors (Lipinski definition) is 2. The van der Waals surface area contributed by atoms with Crippen molar-refractivity contribution in [1.29, 1.82) is 0 Å². The van der Waals surface area contributed by atoms with E-state index in [-0.39, 0.29) is 5.91 Å². The van der Waals surface area contributed by atoms with E-state index < -0.39 is 0 Å². The molecule has 0 radical (unpaired) electrons. The van der Waals surface area contributed by atoms with Crippen LogP contribution in [0.1, 0.15) is 22.8 Å². The Kier molecular flexibility index (Phi) is 8.02. The first-order chi connectivity index (χ1) is 15.6. The molecule has 3 aromatic rings. The van der Waals surface area contributed by atoms with Crippen molar-refractivity contribution >= 4 is 17.6 Å². The van der Waals surface area contributed by atoms with Crippen molar-refractivity contribution in [3.63, 3.8) is 0 Å². The molecule has 0 unspecified atom stereocenters. The highest BCUT2D eigenvalue weighted by Gasteiger charge is 2.13. The normalized spacial score (nSPS) is 10.9. The number of aromatic nitrogens is 1. The second-order valence-electron chi connectivity index (χ2n) is 6.66. The molecule has 2 N–H and O–H groups in total. The zero-order chi connectivity index (χ0) is 22.8. The maximum Gasteiger partial charge on any atom is 0.258 e. The summed E-state index contributed by atoms with van der Waals surface area (Å²) in [7, 11) is 3.07. The number of rotatable bonds is 8. The Hall–Kier alpha value is -4.07. The highest BCUT2D eigenvalue weighted by molar-refractivity contribution is 6.10. The van der Waals surface area contributed by atoms with E-state index in [2.05, 4.69) is 20.6 Å². The fourth-order valence-electron chi connectivity index (χ4n) is 2.82. The molecule has 0 saturated carbocycles. The van der Waals surface area contributed by atoms with Crippen LogP contribution in [0.15, 0.2) is 72.0 Å². The third kappa shape index (κ3) is 6.46. The van der Waals surface area contributed by atoms with Crippen molar-refractivity contribution in [1.82, 2.24) is 10.3 Å². The minimum absolute atomic E-state index is 0.303.